The van der Waals surface area contributed by atoms with Crippen LogP contribution in [-0.4, -0.2) is 47.1 Å². The summed E-state index contributed by atoms with van der Waals surface area (Å²) in [6.07, 6.45) is 4.36. The fraction of sp³-hybridized carbons (Fsp3) is 0.583. The molecule has 3 heterocycles. The molecule has 0 unspecified atom stereocenters. The lowest BCUT2D eigenvalue weighted by atomic mass is 10.0. The third-order valence-corrected chi connectivity index (χ3v) is 6.69. The molecule has 6 heteroatoms. The van der Waals surface area contributed by atoms with Gasteiger partial charge >= 0.3 is 0 Å². The van der Waals surface area contributed by atoms with E-state index in [1.807, 2.05) is 0 Å². The minimum absolute atomic E-state index is 0.0519. The lowest BCUT2D eigenvalue weighted by Crippen LogP contribution is -2.41. The van der Waals surface area contributed by atoms with Crippen molar-refractivity contribution in [3.05, 3.63) is 51.4 Å². The molecule has 1 aromatic heterocycles. The molecule has 6 nitrogen and oxygen atoms in total. The van der Waals surface area contributed by atoms with E-state index in [0.717, 1.165) is 69.3 Å². The molecule has 30 heavy (non-hydrogen) atoms. The van der Waals surface area contributed by atoms with Crippen molar-refractivity contribution in [1.82, 2.24) is 14.9 Å². The van der Waals surface area contributed by atoms with Crippen molar-refractivity contribution in [2.45, 2.75) is 65.6 Å². The summed E-state index contributed by atoms with van der Waals surface area (Å²) in [6, 6.07) is 9.34. The fourth-order valence-electron chi connectivity index (χ4n) is 4.82. The van der Waals surface area contributed by atoms with E-state index in [1.54, 1.807) is 0 Å². The Morgan fingerprint density at radius 2 is 1.90 bits per heavy atom. The van der Waals surface area contributed by atoms with Gasteiger partial charge in [-0.2, -0.15) is 0 Å². The summed E-state index contributed by atoms with van der Waals surface area (Å²) in [6.45, 7) is 12.2. The minimum atomic E-state index is 0.0519. The first kappa shape index (κ1) is 20.9. The maximum Gasteiger partial charge on any atom is 0.255 e. The standard InChI is InChI=1S/C24H35N5O/c1-4-28(5-2)20-11-9-19(10-12-20)16-27-15-13-21-22(17-27)25-24(26-23(21)30)29-14-7-6-8-18(29)3/h9-12,18H,4-8,13-17H2,1-3H3,(H,25,26,30)/t18-/m0/s1. The largest absolute Gasteiger partial charge is 0.372 e. The normalized spacial score (nSPS) is 19.6. The predicted octanol–water partition coefficient (Wildman–Crippen LogP) is 3.55. The summed E-state index contributed by atoms with van der Waals surface area (Å²) in [7, 11) is 0. The zero-order valence-electron chi connectivity index (χ0n) is 18.7. The predicted molar refractivity (Wildman–Crippen MR) is 123 cm³/mol. The van der Waals surface area contributed by atoms with Crippen LogP contribution in [-0.2, 0) is 19.5 Å². The number of aromatic amines is 1. The molecule has 1 aromatic carbocycles. The Kier molecular flexibility index (Phi) is 6.42. The first-order valence-corrected chi connectivity index (χ1v) is 11.5. The first-order chi connectivity index (χ1) is 14.6. The Morgan fingerprint density at radius 1 is 1.13 bits per heavy atom. The number of nitrogens with zero attached hydrogens (tertiary/aromatic N) is 4. The SMILES string of the molecule is CCN(CC)c1ccc(CN2CCc3c(nc(N4CCCC[C@@H]4C)[nH]c3=O)C2)cc1. The average Bonchev–Trinajstić information content (AvgIpc) is 2.76. The summed E-state index contributed by atoms with van der Waals surface area (Å²) in [5.74, 6) is 0.761. The second-order valence-electron chi connectivity index (χ2n) is 8.65. The maximum absolute atomic E-state index is 12.7. The number of hydrogen-bond donors (Lipinski definition) is 1. The van der Waals surface area contributed by atoms with Crippen molar-refractivity contribution in [1.29, 1.82) is 0 Å². The van der Waals surface area contributed by atoms with Gasteiger partial charge in [0.1, 0.15) is 0 Å². The van der Waals surface area contributed by atoms with Crippen LogP contribution in [0.25, 0.3) is 0 Å². The summed E-state index contributed by atoms with van der Waals surface area (Å²) < 4.78 is 0. The monoisotopic (exact) mass is 409 g/mol. The van der Waals surface area contributed by atoms with Crippen LogP contribution in [0.2, 0.25) is 0 Å². The highest BCUT2D eigenvalue weighted by Crippen LogP contribution is 2.24. The summed E-state index contributed by atoms with van der Waals surface area (Å²) in [5.41, 5.74) is 4.47. The van der Waals surface area contributed by atoms with Gasteiger partial charge in [-0.1, -0.05) is 12.1 Å². The second kappa shape index (κ2) is 9.21. The van der Waals surface area contributed by atoms with Gasteiger partial charge in [-0.25, -0.2) is 4.98 Å². The van der Waals surface area contributed by atoms with Crippen LogP contribution in [0.15, 0.2) is 29.1 Å². The Hall–Kier alpha value is -2.34. The zero-order valence-corrected chi connectivity index (χ0v) is 18.7. The average molecular weight is 410 g/mol. The number of benzene rings is 1. The summed E-state index contributed by atoms with van der Waals surface area (Å²) in [4.78, 5) is 27.7. The van der Waals surface area contributed by atoms with E-state index in [1.165, 1.54) is 24.1 Å². The molecule has 0 spiro atoms. The molecule has 0 radical (unpaired) electrons. The molecule has 162 valence electrons. The van der Waals surface area contributed by atoms with Gasteiger partial charge in [-0.3, -0.25) is 14.7 Å². The van der Waals surface area contributed by atoms with Gasteiger partial charge in [0.2, 0.25) is 5.95 Å². The van der Waals surface area contributed by atoms with Crippen molar-refractivity contribution >= 4 is 11.6 Å². The van der Waals surface area contributed by atoms with Crippen molar-refractivity contribution in [2.24, 2.45) is 0 Å². The van der Waals surface area contributed by atoms with Crippen LogP contribution in [0, 0.1) is 0 Å². The van der Waals surface area contributed by atoms with Crippen LogP contribution >= 0.6 is 0 Å². The lowest BCUT2D eigenvalue weighted by Gasteiger charge is -2.35. The van der Waals surface area contributed by atoms with Gasteiger partial charge in [-0.05, 0) is 64.2 Å². The van der Waals surface area contributed by atoms with Crippen molar-refractivity contribution in [2.75, 3.05) is 36.0 Å². The molecule has 1 saturated heterocycles. The van der Waals surface area contributed by atoms with E-state index in [2.05, 4.69) is 64.7 Å². The van der Waals surface area contributed by atoms with E-state index >= 15 is 0 Å². The lowest BCUT2D eigenvalue weighted by molar-refractivity contribution is 0.240. The van der Waals surface area contributed by atoms with E-state index in [-0.39, 0.29) is 5.56 Å². The molecular weight excluding hydrogens is 374 g/mol. The number of rotatable bonds is 6. The number of piperidine rings is 1. The minimum Gasteiger partial charge on any atom is -0.372 e. The van der Waals surface area contributed by atoms with Crippen LogP contribution in [0.4, 0.5) is 11.6 Å². The topological polar surface area (TPSA) is 55.5 Å². The molecule has 4 rings (SSSR count). The van der Waals surface area contributed by atoms with Crippen molar-refractivity contribution in [3.8, 4) is 0 Å². The fourth-order valence-corrected chi connectivity index (χ4v) is 4.82. The third kappa shape index (κ3) is 4.38. The number of hydrogen-bond acceptors (Lipinski definition) is 5. The zero-order chi connectivity index (χ0) is 21.1. The molecule has 0 amide bonds. The summed E-state index contributed by atoms with van der Waals surface area (Å²) >= 11 is 0. The molecule has 1 fully saturated rings. The van der Waals surface area contributed by atoms with E-state index in [0.29, 0.717) is 6.04 Å². The van der Waals surface area contributed by atoms with Crippen LogP contribution in [0.1, 0.15) is 56.9 Å². The van der Waals surface area contributed by atoms with Gasteiger partial charge in [-0.15, -0.1) is 0 Å². The molecule has 1 atom stereocenters. The Labute approximate surface area is 179 Å². The van der Waals surface area contributed by atoms with Crippen molar-refractivity contribution < 1.29 is 0 Å². The highest BCUT2D eigenvalue weighted by Gasteiger charge is 2.25. The molecule has 0 saturated carbocycles. The number of nitrogens with one attached hydrogen (secondary N) is 1. The third-order valence-electron chi connectivity index (χ3n) is 6.69. The Balaban J connectivity index is 1.48. The number of H-pyrrole nitrogens is 1. The Bertz CT molecular complexity index is 903. The highest BCUT2D eigenvalue weighted by molar-refractivity contribution is 5.47. The van der Waals surface area contributed by atoms with E-state index in [9.17, 15) is 4.79 Å². The van der Waals surface area contributed by atoms with Gasteiger partial charge in [0.05, 0.1) is 5.69 Å². The van der Waals surface area contributed by atoms with E-state index < -0.39 is 0 Å². The molecule has 2 aliphatic heterocycles. The molecule has 0 aliphatic carbocycles. The first-order valence-electron chi connectivity index (χ1n) is 11.5. The smallest absolute Gasteiger partial charge is 0.255 e. The maximum atomic E-state index is 12.7. The number of fused-ring (bicyclic) bond motifs is 1. The van der Waals surface area contributed by atoms with E-state index in [4.69, 9.17) is 4.98 Å². The number of anilines is 2. The van der Waals surface area contributed by atoms with Crippen LogP contribution in [0.3, 0.4) is 0 Å². The van der Waals surface area contributed by atoms with Crippen molar-refractivity contribution in [3.63, 3.8) is 0 Å². The molecular formula is C24H35N5O. The van der Waals surface area contributed by atoms with Crippen LogP contribution < -0.4 is 15.4 Å². The molecule has 2 aliphatic rings. The van der Waals surface area contributed by atoms with Gasteiger partial charge < -0.3 is 9.80 Å². The van der Waals surface area contributed by atoms with Gasteiger partial charge in [0.25, 0.3) is 5.56 Å². The quantitative estimate of drug-likeness (QED) is 0.791. The Morgan fingerprint density at radius 3 is 2.60 bits per heavy atom. The molecule has 0 bridgehead atoms. The van der Waals surface area contributed by atoms with Gasteiger partial charge in [0, 0.05) is 56.6 Å². The number of aromatic nitrogens is 2. The molecule has 2 aromatic rings. The van der Waals surface area contributed by atoms with Crippen LogP contribution in [0.5, 0.6) is 0 Å². The van der Waals surface area contributed by atoms with Gasteiger partial charge in [0.15, 0.2) is 0 Å². The molecule has 1 N–H and O–H groups in total. The highest BCUT2D eigenvalue weighted by atomic mass is 16.1. The summed E-state index contributed by atoms with van der Waals surface area (Å²) in [5, 5.41) is 0. The second-order valence-corrected chi connectivity index (χ2v) is 8.65.